The van der Waals surface area contributed by atoms with Crippen LogP contribution < -0.4 is 0 Å². The van der Waals surface area contributed by atoms with Gasteiger partial charge in [-0.05, 0) is 0 Å². The van der Waals surface area contributed by atoms with E-state index in [4.69, 9.17) is 0 Å². The predicted molar refractivity (Wildman–Crippen MR) is 54.6 cm³/mol. The summed E-state index contributed by atoms with van der Waals surface area (Å²) in [5, 5.41) is 2.21. The lowest BCUT2D eigenvalue weighted by Crippen LogP contribution is -2.06. The number of hydrogen-bond acceptors (Lipinski definition) is 0. The molecule has 0 N–H and O–H groups in total. The van der Waals surface area contributed by atoms with Crippen LogP contribution in [0.5, 0.6) is 0 Å². The molecule has 0 saturated heterocycles. The molecule has 7 heavy (non-hydrogen) atoms. The van der Waals surface area contributed by atoms with Gasteiger partial charge in [-0.25, -0.2) is 0 Å². The highest BCUT2D eigenvalue weighted by Crippen LogP contribution is 2.04. The van der Waals surface area contributed by atoms with Gasteiger partial charge in [-0.1, -0.05) is 19.7 Å². The highest BCUT2D eigenvalue weighted by atomic mass is 127. The Morgan fingerprint density at radius 2 is 2.29 bits per heavy atom. The summed E-state index contributed by atoms with van der Waals surface area (Å²) in [6.45, 7) is 2.21. The number of halogens is 2. The Kier molecular flexibility index (Phi) is 7.02. The zero-order chi connectivity index (χ0) is 5.70. The fourth-order valence-electron chi connectivity index (χ4n) is 0.339. The van der Waals surface area contributed by atoms with E-state index in [1.165, 1.54) is 12.7 Å². The van der Waals surface area contributed by atoms with E-state index >= 15 is 0 Å². The number of rotatable bonds is 3. The second-order valence-corrected chi connectivity index (χ2v) is 3.75. The second-order valence-electron chi connectivity index (χ2n) is 1.43. The molecule has 0 amide bonds. The van der Waals surface area contributed by atoms with Crippen LogP contribution in [0.3, 0.4) is 0 Å². The average molecular weight is 319 g/mol. The normalized spacial score (nSPS) is 8.43. The minimum absolute atomic E-state index is 0.781. The van der Waals surface area contributed by atoms with Crippen molar-refractivity contribution in [3.05, 3.63) is 0 Å². The lowest BCUT2D eigenvalue weighted by Gasteiger charge is -1.93. The molecule has 0 rings (SSSR count). The Balaban J connectivity index is 2.83. The highest BCUT2D eigenvalue weighted by Gasteiger charge is 2.04. The van der Waals surface area contributed by atoms with Crippen molar-refractivity contribution in [1.82, 2.24) is 0 Å². The Bertz CT molecular complexity index is 41.9. The molecule has 0 aromatic carbocycles. The van der Waals surface area contributed by atoms with Crippen molar-refractivity contribution in [3.8, 4) is 0 Å². The lowest BCUT2D eigenvalue weighted by molar-refractivity contribution is 1.08. The topological polar surface area (TPSA) is 0 Å². The quantitative estimate of drug-likeness (QED) is 0.554. The van der Waals surface area contributed by atoms with E-state index in [0.29, 0.717) is 0 Å². The summed E-state index contributed by atoms with van der Waals surface area (Å²) in [5.41, 5.74) is 0. The molecule has 0 aliphatic carbocycles. The van der Waals surface area contributed by atoms with E-state index in [1.807, 2.05) is 0 Å². The van der Waals surface area contributed by atoms with Gasteiger partial charge in [-0.3, -0.25) is 0 Å². The van der Waals surface area contributed by atoms with Gasteiger partial charge in [0.05, 0.1) is 0 Å². The molecule has 0 bridgehead atoms. The van der Waals surface area contributed by atoms with Crippen LogP contribution in [-0.4, -0.2) is 9.49 Å². The lowest BCUT2D eigenvalue weighted by atomic mass is 9.52. The van der Waals surface area contributed by atoms with Crippen molar-refractivity contribution < 1.29 is 0 Å². The largest absolute Gasteiger partial charge is 0.192 e. The summed E-state index contributed by atoms with van der Waals surface area (Å²) in [4.78, 5) is 0. The molecule has 0 atom stereocenters. The van der Waals surface area contributed by atoms with Crippen molar-refractivity contribution in [2.75, 3.05) is 0 Å². The Labute approximate surface area is 73.3 Å². The van der Waals surface area contributed by atoms with E-state index in [9.17, 15) is 0 Å². The van der Waals surface area contributed by atoms with Crippen LogP contribution >= 0.6 is 44.7 Å². The zero-order valence-corrected chi connectivity index (χ0v) is 8.64. The van der Waals surface area contributed by atoms with Crippen molar-refractivity contribution in [1.29, 1.82) is 0 Å². The van der Waals surface area contributed by atoms with Crippen LogP contribution in [0.2, 0.25) is 6.32 Å². The molecule has 0 fully saturated rings. The Morgan fingerprint density at radius 3 is 2.43 bits per heavy atom. The predicted octanol–water partition coefficient (Wildman–Crippen LogP) is 2.37. The van der Waals surface area contributed by atoms with Crippen LogP contribution in [0.25, 0.3) is 0 Å². The van der Waals surface area contributed by atoms with Gasteiger partial charge in [0.1, 0.15) is 0 Å². The summed E-state index contributed by atoms with van der Waals surface area (Å²) in [6, 6.07) is 0. The van der Waals surface area contributed by atoms with Gasteiger partial charge in [-0.2, -0.15) is 44.7 Å². The summed E-state index contributed by atoms with van der Waals surface area (Å²) < 4.78 is 0.781. The monoisotopic (exact) mass is 319 g/mol. The first-order chi connectivity index (χ1) is 3.31. The molecular weight excluding hydrogens is 311 g/mol. The molecule has 0 unspecified atom stereocenters. The first-order valence-electron chi connectivity index (χ1n) is 2.39. The fraction of sp³-hybridized carbons (Fsp3) is 1.00. The van der Waals surface area contributed by atoms with Crippen LogP contribution in [0, 0.1) is 0 Å². The van der Waals surface area contributed by atoms with Gasteiger partial charge in [0.15, 0.2) is 9.49 Å². The smallest absolute Gasteiger partial charge is 0.168 e. The highest BCUT2D eigenvalue weighted by molar-refractivity contribution is 14.2. The van der Waals surface area contributed by atoms with E-state index in [1.54, 1.807) is 0 Å². The molecule has 39 valence electrons. The molecule has 0 nitrogen and oxygen atoms in total. The maximum absolute atomic E-state index is 2.44. The number of hydrogen-bond donors (Lipinski definition) is 0. The van der Waals surface area contributed by atoms with Crippen LogP contribution in [0.15, 0.2) is 0 Å². The van der Waals surface area contributed by atoms with E-state index in [0.717, 1.165) is 4.46 Å². The van der Waals surface area contributed by atoms with E-state index in [-0.39, 0.29) is 0 Å². The SMILES string of the molecule is CCCB(I)[B]I. The minimum Gasteiger partial charge on any atom is -0.168 e. The summed E-state index contributed by atoms with van der Waals surface area (Å²) >= 11 is 4.75. The van der Waals surface area contributed by atoms with Crippen molar-refractivity contribution in [3.63, 3.8) is 0 Å². The maximum atomic E-state index is 2.44. The summed E-state index contributed by atoms with van der Waals surface area (Å²) in [7, 11) is 0. The molecule has 0 aromatic heterocycles. The third-order valence-corrected chi connectivity index (χ3v) is 3.93. The first kappa shape index (κ1) is 8.59. The van der Waals surface area contributed by atoms with Gasteiger partial charge in [0.25, 0.3) is 0 Å². The molecule has 0 heterocycles. The van der Waals surface area contributed by atoms with Gasteiger partial charge in [-0.15, -0.1) is 0 Å². The standard InChI is InChI=1S/C3H7B2I2/c1-2-3-5(7)4-6/h2-3H2,1H3. The molecule has 0 aliphatic heterocycles. The molecule has 0 aliphatic rings. The van der Waals surface area contributed by atoms with Crippen molar-refractivity contribution in [2.45, 2.75) is 19.7 Å². The van der Waals surface area contributed by atoms with E-state index < -0.39 is 0 Å². The van der Waals surface area contributed by atoms with Crippen molar-refractivity contribution >= 4 is 54.2 Å². The minimum atomic E-state index is 0.781. The first-order valence-corrected chi connectivity index (χ1v) is 4.88. The van der Waals surface area contributed by atoms with Gasteiger partial charge < -0.3 is 0 Å². The summed E-state index contributed by atoms with van der Waals surface area (Å²) in [5.74, 6) is 0. The molecule has 0 spiro atoms. The molecule has 0 saturated carbocycles. The fourth-order valence-corrected chi connectivity index (χ4v) is 1.32. The van der Waals surface area contributed by atoms with Crippen LogP contribution in [0.4, 0.5) is 0 Å². The zero-order valence-electron chi connectivity index (χ0n) is 4.32. The Hall–Kier alpha value is 1.59. The van der Waals surface area contributed by atoms with Gasteiger partial charge in [0.2, 0.25) is 0 Å². The maximum Gasteiger partial charge on any atom is 0.192 e. The molecular formula is C3H7B2I2. The van der Waals surface area contributed by atoms with Gasteiger partial charge >= 0.3 is 0 Å². The molecule has 0 aromatic rings. The average Bonchev–Trinajstić information content (AvgIpc) is 1.68. The van der Waals surface area contributed by atoms with Crippen molar-refractivity contribution in [2.24, 2.45) is 0 Å². The van der Waals surface area contributed by atoms with Crippen LogP contribution in [-0.2, 0) is 0 Å². The van der Waals surface area contributed by atoms with E-state index in [2.05, 4.69) is 56.7 Å². The van der Waals surface area contributed by atoms with Gasteiger partial charge in [0, 0.05) is 0 Å². The van der Waals surface area contributed by atoms with Crippen LogP contribution in [0.1, 0.15) is 13.3 Å². The second kappa shape index (κ2) is 5.72. The third-order valence-electron chi connectivity index (χ3n) is 0.701. The third kappa shape index (κ3) is 5.46. The summed E-state index contributed by atoms with van der Waals surface area (Å²) in [6.07, 6.45) is 2.62. The molecule has 1 radical (unpaired) electrons. The molecule has 4 heteroatoms. The Morgan fingerprint density at radius 1 is 1.71 bits per heavy atom.